The number of imide groups is 2. The minimum atomic E-state index is -1.47. The van der Waals surface area contributed by atoms with Gasteiger partial charge in [-0.3, -0.25) is 19.8 Å². The molecule has 1 heterocycles. The molecule has 1 atom stereocenters. The Morgan fingerprint density at radius 2 is 1.71 bits per heavy atom. The van der Waals surface area contributed by atoms with Crippen molar-refractivity contribution in [1.29, 1.82) is 0 Å². The van der Waals surface area contributed by atoms with Crippen molar-refractivity contribution in [2.24, 2.45) is 5.73 Å². The van der Waals surface area contributed by atoms with Crippen LogP contribution in [0.1, 0.15) is 22.3 Å². The molecule has 0 saturated carbocycles. The molecule has 4 N–H and O–H groups in total. The summed E-state index contributed by atoms with van der Waals surface area (Å²) in [5.74, 6) is -1.45. The van der Waals surface area contributed by atoms with Gasteiger partial charge in [-0.1, -0.05) is 48.5 Å². The van der Waals surface area contributed by atoms with E-state index in [9.17, 15) is 19.2 Å². The molecule has 1 aliphatic rings. The van der Waals surface area contributed by atoms with Crippen LogP contribution in [0.3, 0.4) is 0 Å². The predicted octanol–water partition coefficient (Wildman–Crippen LogP) is 1.29. The van der Waals surface area contributed by atoms with Crippen LogP contribution in [0.25, 0.3) is 0 Å². The van der Waals surface area contributed by atoms with Gasteiger partial charge in [0, 0.05) is 0 Å². The van der Waals surface area contributed by atoms with Crippen LogP contribution in [0.2, 0.25) is 0 Å². The normalized spacial score (nSPS) is 18.7. The second kappa shape index (κ2) is 7.15. The van der Waals surface area contributed by atoms with E-state index >= 15 is 0 Å². The number of carbonyl (C=O) groups is 4. The molecule has 1 aliphatic heterocycles. The van der Waals surface area contributed by atoms with Gasteiger partial charge in [0.1, 0.15) is 6.54 Å². The maximum Gasteiger partial charge on any atom is 0.326 e. The Morgan fingerprint density at radius 3 is 2.32 bits per heavy atom. The number of rotatable bonds is 4. The number of hydrogen-bond donors (Lipinski definition) is 3. The molecule has 8 heteroatoms. The molecule has 0 spiro atoms. The number of benzene rings is 2. The van der Waals surface area contributed by atoms with Crippen molar-refractivity contribution < 1.29 is 19.2 Å². The highest BCUT2D eigenvalue weighted by atomic mass is 16.2. The molecule has 0 bridgehead atoms. The predicted molar refractivity (Wildman–Crippen MR) is 101 cm³/mol. The monoisotopic (exact) mass is 380 g/mol. The summed E-state index contributed by atoms with van der Waals surface area (Å²) in [5, 5.41) is 4.61. The van der Waals surface area contributed by atoms with Crippen LogP contribution in [0, 0.1) is 13.8 Å². The number of hydrogen-bond acceptors (Lipinski definition) is 4. The number of aryl methyl sites for hydroxylation is 2. The summed E-state index contributed by atoms with van der Waals surface area (Å²) in [6.45, 7) is 3.24. The Labute approximate surface area is 161 Å². The third-order valence-electron chi connectivity index (χ3n) is 4.82. The Balaban J connectivity index is 2.09. The summed E-state index contributed by atoms with van der Waals surface area (Å²) in [5.41, 5.74) is 6.61. The molecule has 2 aromatic carbocycles. The fourth-order valence-corrected chi connectivity index (χ4v) is 3.26. The zero-order chi connectivity index (χ0) is 20.5. The van der Waals surface area contributed by atoms with Crippen molar-refractivity contribution in [3.63, 3.8) is 0 Å². The van der Waals surface area contributed by atoms with E-state index < -0.39 is 36.0 Å². The van der Waals surface area contributed by atoms with E-state index in [2.05, 4.69) is 5.32 Å². The summed E-state index contributed by atoms with van der Waals surface area (Å²) in [6.07, 6.45) is 0. The number of primary amides is 1. The van der Waals surface area contributed by atoms with Crippen LogP contribution >= 0.6 is 0 Å². The molecular formula is C20H20N4O4. The SMILES string of the molecule is Cc1ccc([C@]2(c3ccccc3)NC(=O)N(CC(=O)NC(N)=O)C2=O)cc1C. The molecule has 1 saturated heterocycles. The quantitative estimate of drug-likeness (QED) is 0.692. The number of urea groups is 2. The molecule has 8 nitrogen and oxygen atoms in total. The second-order valence-electron chi connectivity index (χ2n) is 6.65. The summed E-state index contributed by atoms with van der Waals surface area (Å²) in [7, 11) is 0. The summed E-state index contributed by atoms with van der Waals surface area (Å²) in [6, 6.07) is 12.5. The average molecular weight is 380 g/mol. The molecule has 28 heavy (non-hydrogen) atoms. The number of amides is 6. The molecule has 0 radical (unpaired) electrons. The number of carbonyl (C=O) groups excluding carboxylic acids is 4. The first-order valence-electron chi connectivity index (χ1n) is 8.62. The van der Waals surface area contributed by atoms with Crippen LogP contribution in [0.4, 0.5) is 9.59 Å². The first-order valence-corrected chi connectivity index (χ1v) is 8.62. The van der Waals surface area contributed by atoms with Crippen molar-refractivity contribution in [3.8, 4) is 0 Å². The fourth-order valence-electron chi connectivity index (χ4n) is 3.26. The van der Waals surface area contributed by atoms with E-state index in [0.29, 0.717) is 11.1 Å². The van der Waals surface area contributed by atoms with Gasteiger partial charge in [-0.15, -0.1) is 0 Å². The van der Waals surface area contributed by atoms with E-state index in [1.807, 2.05) is 31.3 Å². The highest BCUT2D eigenvalue weighted by Gasteiger charge is 2.54. The summed E-state index contributed by atoms with van der Waals surface area (Å²) in [4.78, 5) is 49.6. The van der Waals surface area contributed by atoms with E-state index in [0.717, 1.165) is 16.0 Å². The van der Waals surface area contributed by atoms with E-state index in [4.69, 9.17) is 5.73 Å². The first-order chi connectivity index (χ1) is 13.3. The Hall–Kier alpha value is -3.68. The van der Waals surface area contributed by atoms with Crippen molar-refractivity contribution in [2.75, 3.05) is 6.54 Å². The number of nitrogens with one attached hydrogen (secondary N) is 2. The number of nitrogens with two attached hydrogens (primary N) is 1. The zero-order valence-corrected chi connectivity index (χ0v) is 15.5. The minimum absolute atomic E-state index is 0.564. The standard InChI is InChI=1S/C20H20N4O4/c1-12-8-9-15(10-13(12)2)20(14-6-4-3-5-7-14)17(26)24(19(28)23-20)11-16(25)22-18(21)27/h3-10H,11H2,1-2H3,(H,23,28)(H3,21,22,25,27)/t20-/m0/s1. The van der Waals surface area contributed by atoms with Gasteiger partial charge in [0.2, 0.25) is 5.91 Å². The topological polar surface area (TPSA) is 122 Å². The second-order valence-corrected chi connectivity index (χ2v) is 6.65. The van der Waals surface area contributed by atoms with Crippen LogP contribution in [-0.2, 0) is 15.1 Å². The third kappa shape index (κ3) is 3.20. The molecular weight excluding hydrogens is 360 g/mol. The van der Waals surface area contributed by atoms with Crippen molar-refractivity contribution in [2.45, 2.75) is 19.4 Å². The van der Waals surface area contributed by atoms with Crippen molar-refractivity contribution in [1.82, 2.24) is 15.5 Å². The largest absolute Gasteiger partial charge is 0.351 e. The average Bonchev–Trinajstić information content (AvgIpc) is 2.89. The lowest BCUT2D eigenvalue weighted by Crippen LogP contribution is -2.47. The maximum absolute atomic E-state index is 13.4. The highest BCUT2D eigenvalue weighted by Crippen LogP contribution is 2.36. The van der Waals surface area contributed by atoms with Crippen molar-refractivity contribution in [3.05, 3.63) is 70.8 Å². The zero-order valence-electron chi connectivity index (χ0n) is 15.5. The van der Waals surface area contributed by atoms with E-state index in [1.165, 1.54) is 0 Å². The van der Waals surface area contributed by atoms with Crippen LogP contribution in [-0.4, -0.2) is 35.3 Å². The van der Waals surface area contributed by atoms with Crippen LogP contribution < -0.4 is 16.4 Å². The molecule has 0 aromatic heterocycles. The maximum atomic E-state index is 13.4. The minimum Gasteiger partial charge on any atom is -0.351 e. The molecule has 2 aromatic rings. The molecule has 144 valence electrons. The number of nitrogens with zero attached hydrogens (tertiary/aromatic N) is 1. The summed E-state index contributed by atoms with van der Waals surface area (Å²) < 4.78 is 0. The fraction of sp³-hybridized carbons (Fsp3) is 0.200. The third-order valence-corrected chi connectivity index (χ3v) is 4.82. The van der Waals surface area contributed by atoms with Gasteiger partial charge >= 0.3 is 12.1 Å². The lowest BCUT2D eigenvalue weighted by atomic mass is 9.81. The van der Waals surface area contributed by atoms with Crippen molar-refractivity contribution >= 4 is 23.9 Å². The molecule has 1 fully saturated rings. The van der Waals surface area contributed by atoms with E-state index in [1.54, 1.807) is 36.4 Å². The van der Waals surface area contributed by atoms with Gasteiger partial charge < -0.3 is 11.1 Å². The smallest absolute Gasteiger partial charge is 0.326 e. The molecule has 0 aliphatic carbocycles. The van der Waals surface area contributed by atoms with Gasteiger partial charge in [0.15, 0.2) is 5.54 Å². The van der Waals surface area contributed by atoms with Gasteiger partial charge in [-0.05, 0) is 36.1 Å². The Kier molecular flexibility index (Phi) is 4.87. The van der Waals surface area contributed by atoms with Gasteiger partial charge in [-0.2, -0.15) is 0 Å². The molecule has 6 amide bonds. The van der Waals surface area contributed by atoms with Crippen LogP contribution in [0.5, 0.6) is 0 Å². The van der Waals surface area contributed by atoms with E-state index in [-0.39, 0.29) is 0 Å². The van der Waals surface area contributed by atoms with Crippen LogP contribution in [0.15, 0.2) is 48.5 Å². The van der Waals surface area contributed by atoms with Gasteiger partial charge in [0.25, 0.3) is 5.91 Å². The Bertz CT molecular complexity index is 973. The highest BCUT2D eigenvalue weighted by molar-refractivity contribution is 6.12. The Morgan fingerprint density at radius 1 is 1.04 bits per heavy atom. The summed E-state index contributed by atoms with van der Waals surface area (Å²) >= 11 is 0. The first kappa shape index (κ1) is 19.1. The molecule has 3 rings (SSSR count). The van der Waals surface area contributed by atoms with Gasteiger partial charge in [-0.25, -0.2) is 9.59 Å². The molecule has 0 unspecified atom stereocenters. The van der Waals surface area contributed by atoms with Gasteiger partial charge in [0.05, 0.1) is 0 Å². The lowest BCUT2D eigenvalue weighted by Gasteiger charge is -2.28. The lowest BCUT2D eigenvalue weighted by molar-refractivity contribution is -0.133.